The predicted molar refractivity (Wildman–Crippen MR) is 133 cm³/mol. The van der Waals surface area contributed by atoms with Crippen LogP contribution < -0.4 is 4.74 Å². The third-order valence-electron chi connectivity index (χ3n) is 5.84. The summed E-state index contributed by atoms with van der Waals surface area (Å²) in [6.45, 7) is 6.02. The van der Waals surface area contributed by atoms with Gasteiger partial charge in [-0.3, -0.25) is 9.59 Å². The molecular formula is C26H34N2O4S. The molecule has 1 aliphatic heterocycles. The Hall–Kier alpha value is -2.64. The fraction of sp³-hybridized carbons (Fsp3) is 0.462. The van der Waals surface area contributed by atoms with Gasteiger partial charge in [-0.1, -0.05) is 19.8 Å². The lowest BCUT2D eigenvalue weighted by molar-refractivity contribution is -0.139. The standard InChI is InChI=1S/C26H34N2O4S/c1-5-6-7-16-32-20-11-9-19(10-12-20)23(29)21-22(25-18(2)13-17-33-25)28(26(31)24(21)30)15-8-14-27(3)4/h9-13,17,22,29H,5-8,14-16H2,1-4H3/b23-21-. The summed E-state index contributed by atoms with van der Waals surface area (Å²) in [4.78, 5) is 30.6. The lowest BCUT2D eigenvalue weighted by Gasteiger charge is -2.25. The second kappa shape index (κ2) is 11.5. The van der Waals surface area contributed by atoms with Crippen molar-refractivity contribution in [3.63, 3.8) is 0 Å². The molecule has 0 bridgehead atoms. The Morgan fingerprint density at radius 3 is 2.45 bits per heavy atom. The SMILES string of the molecule is CCCCCOc1ccc(/C(O)=C2/C(=O)C(=O)N(CCCN(C)C)C2c2sccc2C)cc1. The molecule has 0 radical (unpaired) electrons. The number of carbonyl (C=O) groups excluding carboxylic acids is 2. The zero-order chi connectivity index (χ0) is 24.0. The van der Waals surface area contributed by atoms with Crippen LogP contribution in [0.4, 0.5) is 0 Å². The van der Waals surface area contributed by atoms with Crippen molar-refractivity contribution in [2.45, 2.75) is 45.6 Å². The highest BCUT2D eigenvalue weighted by Gasteiger charge is 2.46. The number of benzene rings is 1. The van der Waals surface area contributed by atoms with Crippen LogP contribution in [0, 0.1) is 6.92 Å². The number of likely N-dealkylation sites (tertiary alicyclic amines) is 1. The first-order valence-corrected chi connectivity index (χ1v) is 12.4. The molecule has 1 aromatic carbocycles. The maximum atomic E-state index is 13.1. The average molecular weight is 471 g/mol. The van der Waals surface area contributed by atoms with Gasteiger partial charge in [-0.25, -0.2) is 0 Å². The number of hydrogen-bond acceptors (Lipinski definition) is 6. The number of unbranched alkanes of at least 4 members (excludes halogenated alkanes) is 2. The normalized spacial score (nSPS) is 17.8. The van der Waals surface area contributed by atoms with Crippen LogP contribution in [0.15, 0.2) is 41.3 Å². The molecule has 2 heterocycles. The highest BCUT2D eigenvalue weighted by atomic mass is 32.1. The summed E-state index contributed by atoms with van der Waals surface area (Å²) in [7, 11) is 3.96. The number of thiophene rings is 1. The van der Waals surface area contributed by atoms with Crippen molar-refractivity contribution >= 4 is 28.8 Å². The van der Waals surface area contributed by atoms with E-state index in [1.54, 1.807) is 29.2 Å². The van der Waals surface area contributed by atoms with Crippen LogP contribution in [0.25, 0.3) is 5.76 Å². The molecule has 1 unspecified atom stereocenters. The third-order valence-corrected chi connectivity index (χ3v) is 6.91. The summed E-state index contributed by atoms with van der Waals surface area (Å²) < 4.78 is 5.75. The Morgan fingerprint density at radius 2 is 1.85 bits per heavy atom. The molecule has 3 rings (SSSR count). The lowest BCUT2D eigenvalue weighted by atomic mass is 9.98. The molecule has 1 atom stereocenters. The van der Waals surface area contributed by atoms with E-state index in [4.69, 9.17) is 4.74 Å². The van der Waals surface area contributed by atoms with Crippen molar-refractivity contribution in [3.8, 4) is 5.75 Å². The summed E-state index contributed by atoms with van der Waals surface area (Å²) in [6, 6.07) is 8.46. The van der Waals surface area contributed by atoms with E-state index in [0.29, 0.717) is 18.7 Å². The van der Waals surface area contributed by atoms with E-state index in [1.807, 2.05) is 37.4 Å². The zero-order valence-corrected chi connectivity index (χ0v) is 20.8. The first-order valence-electron chi connectivity index (χ1n) is 11.6. The van der Waals surface area contributed by atoms with Gasteiger partial charge in [-0.15, -0.1) is 11.3 Å². The number of aliphatic hydroxyl groups is 1. The molecule has 1 fully saturated rings. The van der Waals surface area contributed by atoms with Gasteiger partial charge >= 0.3 is 0 Å². The second-order valence-electron chi connectivity index (χ2n) is 8.70. The number of aryl methyl sites for hydroxylation is 1. The molecule has 1 amide bonds. The van der Waals surface area contributed by atoms with Gasteiger partial charge in [0.05, 0.1) is 18.2 Å². The second-order valence-corrected chi connectivity index (χ2v) is 9.64. The smallest absolute Gasteiger partial charge is 0.295 e. The highest BCUT2D eigenvalue weighted by molar-refractivity contribution is 7.10. The molecule has 0 spiro atoms. The summed E-state index contributed by atoms with van der Waals surface area (Å²) in [5.74, 6) is -0.602. The van der Waals surface area contributed by atoms with E-state index >= 15 is 0 Å². The Morgan fingerprint density at radius 1 is 1.12 bits per heavy atom. The molecule has 1 aromatic heterocycles. The van der Waals surface area contributed by atoms with Gasteiger partial charge in [0, 0.05) is 17.0 Å². The molecule has 33 heavy (non-hydrogen) atoms. The summed E-state index contributed by atoms with van der Waals surface area (Å²) in [6.07, 6.45) is 3.99. The van der Waals surface area contributed by atoms with E-state index in [0.717, 1.165) is 48.4 Å². The molecule has 1 saturated heterocycles. The van der Waals surface area contributed by atoms with Crippen LogP contribution in [0.1, 0.15) is 54.7 Å². The van der Waals surface area contributed by atoms with Crippen molar-refractivity contribution < 1.29 is 19.4 Å². The number of ether oxygens (including phenoxy) is 1. The van der Waals surface area contributed by atoms with E-state index in [1.165, 1.54) is 11.3 Å². The van der Waals surface area contributed by atoms with Crippen molar-refractivity contribution in [2.24, 2.45) is 0 Å². The molecule has 7 heteroatoms. The molecule has 0 saturated carbocycles. The van der Waals surface area contributed by atoms with E-state index in [-0.39, 0.29) is 11.3 Å². The predicted octanol–water partition coefficient (Wildman–Crippen LogP) is 5.00. The number of aliphatic hydroxyl groups excluding tert-OH is 1. The van der Waals surface area contributed by atoms with Crippen molar-refractivity contribution in [1.29, 1.82) is 0 Å². The first-order chi connectivity index (χ1) is 15.8. The van der Waals surface area contributed by atoms with Gasteiger partial charge in [0.25, 0.3) is 11.7 Å². The van der Waals surface area contributed by atoms with Crippen LogP contribution in [0.3, 0.4) is 0 Å². The largest absolute Gasteiger partial charge is 0.507 e. The average Bonchev–Trinajstić information content (AvgIpc) is 3.32. The summed E-state index contributed by atoms with van der Waals surface area (Å²) >= 11 is 1.50. The molecule has 0 aliphatic carbocycles. The minimum absolute atomic E-state index is 0.140. The molecular weight excluding hydrogens is 436 g/mol. The van der Waals surface area contributed by atoms with Gasteiger partial charge in [0.2, 0.25) is 0 Å². The zero-order valence-electron chi connectivity index (χ0n) is 20.0. The minimum atomic E-state index is -0.630. The van der Waals surface area contributed by atoms with Crippen molar-refractivity contribution in [3.05, 3.63) is 57.3 Å². The number of carbonyl (C=O) groups is 2. The molecule has 6 nitrogen and oxygen atoms in total. The minimum Gasteiger partial charge on any atom is -0.507 e. The van der Waals surface area contributed by atoms with Gasteiger partial charge in [-0.2, -0.15) is 0 Å². The molecule has 1 aliphatic rings. The topological polar surface area (TPSA) is 70.1 Å². The number of rotatable bonds is 11. The van der Waals surface area contributed by atoms with Crippen molar-refractivity contribution in [1.82, 2.24) is 9.80 Å². The van der Waals surface area contributed by atoms with Crippen LogP contribution in [0.2, 0.25) is 0 Å². The van der Waals surface area contributed by atoms with E-state index < -0.39 is 17.7 Å². The van der Waals surface area contributed by atoms with Crippen LogP contribution >= 0.6 is 11.3 Å². The van der Waals surface area contributed by atoms with Gasteiger partial charge in [0.1, 0.15) is 11.5 Å². The quantitative estimate of drug-likeness (QED) is 0.217. The van der Waals surface area contributed by atoms with Gasteiger partial charge in [0.15, 0.2) is 0 Å². The third kappa shape index (κ3) is 5.84. The van der Waals surface area contributed by atoms with Crippen molar-refractivity contribution in [2.75, 3.05) is 33.8 Å². The number of ketones is 1. The number of hydrogen-bond donors (Lipinski definition) is 1. The molecule has 1 N–H and O–H groups in total. The Balaban J connectivity index is 1.91. The monoisotopic (exact) mass is 470 g/mol. The highest BCUT2D eigenvalue weighted by Crippen LogP contribution is 2.42. The first kappa shape index (κ1) is 25.0. The number of amides is 1. The van der Waals surface area contributed by atoms with E-state index in [2.05, 4.69) is 6.92 Å². The maximum Gasteiger partial charge on any atom is 0.295 e. The fourth-order valence-corrected chi connectivity index (χ4v) is 5.06. The fourth-order valence-electron chi connectivity index (χ4n) is 4.01. The number of nitrogens with zero attached hydrogens (tertiary/aromatic N) is 2. The Labute approximate surface area is 200 Å². The van der Waals surface area contributed by atoms with Crippen LogP contribution in [-0.4, -0.2) is 60.4 Å². The van der Waals surface area contributed by atoms with Gasteiger partial charge < -0.3 is 19.6 Å². The van der Waals surface area contributed by atoms with Crippen LogP contribution in [-0.2, 0) is 9.59 Å². The van der Waals surface area contributed by atoms with Gasteiger partial charge in [-0.05, 0) is 81.7 Å². The Bertz CT molecular complexity index is 994. The molecule has 178 valence electrons. The summed E-state index contributed by atoms with van der Waals surface area (Å²) in [5, 5.41) is 13.1. The van der Waals surface area contributed by atoms with E-state index in [9.17, 15) is 14.7 Å². The Kier molecular flexibility index (Phi) is 8.69. The number of Topliss-reactive ketones (excluding diaryl/α,β-unsaturated/α-hetero) is 1. The molecule has 2 aromatic rings. The van der Waals surface area contributed by atoms with Crippen LogP contribution in [0.5, 0.6) is 5.75 Å². The summed E-state index contributed by atoms with van der Waals surface area (Å²) in [5.41, 5.74) is 1.67. The lowest BCUT2D eigenvalue weighted by Crippen LogP contribution is -2.32. The maximum absolute atomic E-state index is 13.1.